The lowest BCUT2D eigenvalue weighted by Gasteiger charge is -2.37. The number of likely N-dealkylation sites (N-methyl/N-ethyl adjacent to an activating group) is 2. The van der Waals surface area contributed by atoms with Crippen LogP contribution in [-0.2, 0) is 4.79 Å². The molecule has 5 nitrogen and oxygen atoms in total. The number of fused-ring (bicyclic) bond motifs is 1. The average molecular weight is 354 g/mol. The first kappa shape index (κ1) is 18.1. The Kier molecular flexibility index (Phi) is 5.66. The molecule has 1 heterocycles. The fourth-order valence-corrected chi connectivity index (χ4v) is 3.15. The standard InChI is InChI=1S/C21H26N2O3/c1-4-23-14-17(26-20-12-8-6-10-18(20)23)13-22(3)21(24)15-25-19-11-7-5-9-16(19)2/h5-12,17H,4,13-15H2,1-3H3/t17-/m0/s1. The van der Waals surface area contributed by atoms with Gasteiger partial charge in [-0.2, -0.15) is 0 Å². The molecule has 0 radical (unpaired) electrons. The molecule has 3 rings (SSSR count). The average Bonchev–Trinajstić information content (AvgIpc) is 2.66. The van der Waals surface area contributed by atoms with Crippen LogP contribution in [0, 0.1) is 6.92 Å². The summed E-state index contributed by atoms with van der Waals surface area (Å²) >= 11 is 0. The summed E-state index contributed by atoms with van der Waals surface area (Å²) in [5.74, 6) is 1.57. The minimum absolute atomic E-state index is 0.0299. The van der Waals surface area contributed by atoms with Gasteiger partial charge in [-0.25, -0.2) is 0 Å². The lowest BCUT2D eigenvalue weighted by atomic mass is 10.2. The molecule has 0 unspecified atom stereocenters. The van der Waals surface area contributed by atoms with Gasteiger partial charge in [-0.05, 0) is 37.6 Å². The van der Waals surface area contributed by atoms with Crippen LogP contribution >= 0.6 is 0 Å². The van der Waals surface area contributed by atoms with E-state index in [1.807, 2.05) is 49.4 Å². The van der Waals surface area contributed by atoms with Gasteiger partial charge in [0, 0.05) is 13.6 Å². The van der Waals surface area contributed by atoms with Crippen molar-refractivity contribution in [1.29, 1.82) is 0 Å². The summed E-state index contributed by atoms with van der Waals surface area (Å²) in [7, 11) is 1.80. The lowest BCUT2D eigenvalue weighted by molar-refractivity contribution is -0.133. The molecule has 5 heteroatoms. The summed E-state index contributed by atoms with van der Waals surface area (Å²) in [5.41, 5.74) is 2.14. The minimum atomic E-state index is -0.0581. The number of rotatable bonds is 6. The van der Waals surface area contributed by atoms with Crippen LogP contribution in [0.4, 0.5) is 5.69 Å². The Morgan fingerprint density at radius 2 is 1.96 bits per heavy atom. The highest BCUT2D eigenvalue weighted by Crippen LogP contribution is 2.32. The number of benzene rings is 2. The lowest BCUT2D eigenvalue weighted by Crippen LogP contribution is -2.47. The zero-order chi connectivity index (χ0) is 18.5. The Balaban J connectivity index is 1.57. The molecule has 0 N–H and O–H groups in total. The normalized spacial score (nSPS) is 15.8. The van der Waals surface area contributed by atoms with Crippen molar-refractivity contribution in [2.75, 3.05) is 38.2 Å². The maximum atomic E-state index is 12.4. The largest absolute Gasteiger partial charge is 0.485 e. The van der Waals surface area contributed by atoms with E-state index in [-0.39, 0.29) is 18.6 Å². The first-order valence-corrected chi connectivity index (χ1v) is 9.01. The van der Waals surface area contributed by atoms with Gasteiger partial charge in [-0.1, -0.05) is 30.3 Å². The van der Waals surface area contributed by atoms with E-state index in [1.54, 1.807) is 11.9 Å². The van der Waals surface area contributed by atoms with Crippen LogP contribution in [0.25, 0.3) is 0 Å². The molecule has 0 aliphatic carbocycles. The second-order valence-corrected chi connectivity index (χ2v) is 6.57. The maximum absolute atomic E-state index is 12.4. The fraction of sp³-hybridized carbons (Fsp3) is 0.381. The van der Waals surface area contributed by atoms with Crippen molar-refractivity contribution in [2.45, 2.75) is 20.0 Å². The highest BCUT2D eigenvalue weighted by Gasteiger charge is 2.26. The third kappa shape index (κ3) is 4.10. The van der Waals surface area contributed by atoms with Gasteiger partial charge in [-0.3, -0.25) is 4.79 Å². The molecule has 0 aromatic heterocycles. The summed E-state index contributed by atoms with van der Waals surface area (Å²) < 4.78 is 11.8. The highest BCUT2D eigenvalue weighted by atomic mass is 16.5. The van der Waals surface area contributed by atoms with E-state index in [0.717, 1.165) is 35.8 Å². The number of hydrogen-bond donors (Lipinski definition) is 0. The summed E-state index contributed by atoms with van der Waals surface area (Å²) in [6.07, 6.45) is -0.0581. The van der Waals surface area contributed by atoms with Crippen LogP contribution in [0.5, 0.6) is 11.5 Å². The predicted molar refractivity (Wildman–Crippen MR) is 103 cm³/mol. The van der Waals surface area contributed by atoms with Crippen LogP contribution < -0.4 is 14.4 Å². The molecule has 2 aromatic carbocycles. The first-order chi connectivity index (χ1) is 12.6. The van der Waals surface area contributed by atoms with E-state index in [2.05, 4.69) is 17.9 Å². The van der Waals surface area contributed by atoms with Crippen molar-refractivity contribution in [3.63, 3.8) is 0 Å². The second kappa shape index (κ2) is 8.13. The van der Waals surface area contributed by atoms with Crippen LogP contribution in [0.15, 0.2) is 48.5 Å². The highest BCUT2D eigenvalue weighted by molar-refractivity contribution is 5.77. The number of anilines is 1. The van der Waals surface area contributed by atoms with Gasteiger partial charge < -0.3 is 19.3 Å². The van der Waals surface area contributed by atoms with Crippen LogP contribution in [0.3, 0.4) is 0 Å². The summed E-state index contributed by atoms with van der Waals surface area (Å²) in [5, 5.41) is 0. The fourth-order valence-electron chi connectivity index (χ4n) is 3.15. The van der Waals surface area contributed by atoms with Gasteiger partial charge in [0.15, 0.2) is 6.61 Å². The maximum Gasteiger partial charge on any atom is 0.260 e. The van der Waals surface area contributed by atoms with E-state index < -0.39 is 0 Å². The Morgan fingerprint density at radius 1 is 1.23 bits per heavy atom. The van der Waals surface area contributed by atoms with Crippen molar-refractivity contribution < 1.29 is 14.3 Å². The van der Waals surface area contributed by atoms with Gasteiger partial charge in [0.2, 0.25) is 0 Å². The molecule has 1 aliphatic rings. The molecule has 1 amide bonds. The molecule has 26 heavy (non-hydrogen) atoms. The molecule has 0 fully saturated rings. The number of amides is 1. The van der Waals surface area contributed by atoms with Gasteiger partial charge >= 0.3 is 0 Å². The monoisotopic (exact) mass is 354 g/mol. The summed E-state index contributed by atoms with van der Waals surface area (Å²) in [4.78, 5) is 16.4. The van der Waals surface area contributed by atoms with Gasteiger partial charge in [-0.15, -0.1) is 0 Å². The van der Waals surface area contributed by atoms with E-state index in [9.17, 15) is 4.79 Å². The summed E-state index contributed by atoms with van der Waals surface area (Å²) in [6.45, 7) is 6.33. The second-order valence-electron chi connectivity index (χ2n) is 6.57. The van der Waals surface area contributed by atoms with Crippen molar-refractivity contribution in [1.82, 2.24) is 4.90 Å². The third-order valence-electron chi connectivity index (χ3n) is 4.65. The topological polar surface area (TPSA) is 42.0 Å². The molecule has 0 saturated carbocycles. The van der Waals surface area contributed by atoms with Crippen LogP contribution in [0.1, 0.15) is 12.5 Å². The van der Waals surface area contributed by atoms with Gasteiger partial charge in [0.25, 0.3) is 5.91 Å². The number of ether oxygens (including phenoxy) is 2. The Labute approximate surface area is 155 Å². The van der Waals surface area contributed by atoms with Crippen molar-refractivity contribution in [2.24, 2.45) is 0 Å². The van der Waals surface area contributed by atoms with Gasteiger partial charge in [0.05, 0.1) is 18.8 Å². The Bertz CT molecular complexity index is 762. The van der Waals surface area contributed by atoms with Crippen molar-refractivity contribution in [3.8, 4) is 11.5 Å². The zero-order valence-corrected chi connectivity index (χ0v) is 15.6. The first-order valence-electron chi connectivity index (χ1n) is 9.01. The molecule has 1 atom stereocenters. The van der Waals surface area contributed by atoms with E-state index in [0.29, 0.717) is 6.54 Å². The molecular formula is C21H26N2O3. The van der Waals surface area contributed by atoms with Crippen LogP contribution in [0.2, 0.25) is 0 Å². The quantitative estimate of drug-likeness (QED) is 0.799. The van der Waals surface area contributed by atoms with Crippen LogP contribution in [-0.4, -0.2) is 50.2 Å². The number of aryl methyl sites for hydroxylation is 1. The number of nitrogens with zero attached hydrogens (tertiary/aromatic N) is 2. The number of carbonyl (C=O) groups is 1. The molecule has 138 valence electrons. The zero-order valence-electron chi connectivity index (χ0n) is 15.6. The molecule has 2 aromatic rings. The van der Waals surface area contributed by atoms with Gasteiger partial charge in [0.1, 0.15) is 17.6 Å². The minimum Gasteiger partial charge on any atom is -0.485 e. The van der Waals surface area contributed by atoms with E-state index in [4.69, 9.17) is 9.47 Å². The SMILES string of the molecule is CCN1C[C@H](CN(C)C(=O)COc2ccccc2C)Oc2ccccc21. The van der Waals surface area contributed by atoms with E-state index in [1.165, 1.54) is 0 Å². The van der Waals surface area contributed by atoms with Crippen molar-refractivity contribution in [3.05, 3.63) is 54.1 Å². The smallest absolute Gasteiger partial charge is 0.260 e. The molecule has 0 spiro atoms. The molecular weight excluding hydrogens is 328 g/mol. The Hall–Kier alpha value is -2.69. The molecule has 0 bridgehead atoms. The number of hydrogen-bond acceptors (Lipinski definition) is 4. The Morgan fingerprint density at radius 3 is 2.73 bits per heavy atom. The van der Waals surface area contributed by atoms with E-state index >= 15 is 0 Å². The third-order valence-corrected chi connectivity index (χ3v) is 4.65. The predicted octanol–water partition coefficient (Wildman–Crippen LogP) is 3.12. The summed E-state index contributed by atoms with van der Waals surface area (Å²) in [6, 6.07) is 15.7. The number of carbonyl (C=O) groups excluding carboxylic acids is 1. The molecule has 0 saturated heterocycles. The van der Waals surface area contributed by atoms with Crippen molar-refractivity contribution >= 4 is 11.6 Å². The molecule has 1 aliphatic heterocycles. The number of para-hydroxylation sites is 3.